The number of carboxylic acids is 1. The number of likely N-dealkylation sites (N-methyl/N-ethyl adjacent to an activating group) is 1. The Hall–Kier alpha value is -1.36. The molecule has 19 heavy (non-hydrogen) atoms. The number of aromatic nitrogens is 2. The molecule has 0 amide bonds. The highest BCUT2D eigenvalue weighted by atomic mass is 16.4. The highest BCUT2D eigenvalue weighted by Gasteiger charge is 2.30. The van der Waals surface area contributed by atoms with Crippen LogP contribution in [0, 0.1) is 0 Å². The van der Waals surface area contributed by atoms with Gasteiger partial charge in [-0.3, -0.25) is 9.48 Å². The molecule has 0 aliphatic carbocycles. The van der Waals surface area contributed by atoms with E-state index in [0.29, 0.717) is 6.42 Å². The summed E-state index contributed by atoms with van der Waals surface area (Å²) in [5.41, 5.74) is 1.47. The van der Waals surface area contributed by atoms with Crippen LogP contribution in [0.4, 0.5) is 0 Å². The Morgan fingerprint density at radius 3 is 2.63 bits per heavy atom. The average Bonchev–Trinajstić information content (AvgIpc) is 2.80. The summed E-state index contributed by atoms with van der Waals surface area (Å²) in [5.74, 6) is -0.805. The van der Waals surface area contributed by atoms with Gasteiger partial charge in [-0.05, 0) is 45.7 Å². The van der Waals surface area contributed by atoms with Gasteiger partial charge in [0.25, 0.3) is 0 Å². The summed E-state index contributed by atoms with van der Waals surface area (Å²) in [6, 6.07) is 2.13. The zero-order valence-electron chi connectivity index (χ0n) is 12.4. The van der Waals surface area contributed by atoms with Crippen LogP contribution in [-0.4, -0.2) is 33.4 Å². The van der Waals surface area contributed by atoms with Gasteiger partial charge in [-0.15, -0.1) is 0 Å². The van der Waals surface area contributed by atoms with Crippen molar-refractivity contribution in [1.29, 1.82) is 0 Å². The Labute approximate surface area is 115 Å². The minimum atomic E-state index is -0.854. The fourth-order valence-corrected chi connectivity index (χ4v) is 2.09. The number of hydrogen-bond donors (Lipinski definition) is 2. The third-order valence-electron chi connectivity index (χ3n) is 3.71. The van der Waals surface area contributed by atoms with Crippen LogP contribution in [0.2, 0.25) is 0 Å². The van der Waals surface area contributed by atoms with E-state index in [1.54, 1.807) is 14.0 Å². The fraction of sp³-hybridized carbons (Fsp3) is 0.714. The molecule has 1 rings (SSSR count). The van der Waals surface area contributed by atoms with Crippen LogP contribution >= 0.6 is 0 Å². The van der Waals surface area contributed by atoms with Crippen molar-refractivity contribution in [2.24, 2.45) is 0 Å². The van der Waals surface area contributed by atoms with Gasteiger partial charge < -0.3 is 10.4 Å². The maximum Gasteiger partial charge on any atom is 0.323 e. The van der Waals surface area contributed by atoms with Crippen LogP contribution in [0.3, 0.4) is 0 Å². The molecule has 5 nitrogen and oxygen atoms in total. The predicted octanol–water partition coefficient (Wildman–Crippen LogP) is 1.85. The van der Waals surface area contributed by atoms with E-state index < -0.39 is 11.5 Å². The monoisotopic (exact) mass is 267 g/mol. The van der Waals surface area contributed by atoms with E-state index in [-0.39, 0.29) is 0 Å². The minimum Gasteiger partial charge on any atom is -0.480 e. The summed E-state index contributed by atoms with van der Waals surface area (Å²) in [7, 11) is 1.69. The number of nitrogens with zero attached hydrogens (tertiary/aromatic N) is 2. The third-order valence-corrected chi connectivity index (χ3v) is 3.71. The molecule has 1 atom stereocenters. The van der Waals surface area contributed by atoms with Gasteiger partial charge in [-0.2, -0.15) is 5.10 Å². The molecular weight excluding hydrogens is 242 g/mol. The zero-order valence-corrected chi connectivity index (χ0v) is 12.4. The molecule has 0 aliphatic heterocycles. The summed E-state index contributed by atoms with van der Waals surface area (Å²) in [6.45, 7) is 6.70. The van der Waals surface area contributed by atoms with Gasteiger partial charge in [-0.1, -0.05) is 13.8 Å². The molecule has 0 fully saturated rings. The lowest BCUT2D eigenvalue weighted by Crippen LogP contribution is -2.47. The molecule has 108 valence electrons. The van der Waals surface area contributed by atoms with Crippen LogP contribution in [0.25, 0.3) is 0 Å². The van der Waals surface area contributed by atoms with Crippen molar-refractivity contribution >= 4 is 5.97 Å². The molecule has 5 heteroatoms. The first kappa shape index (κ1) is 15.7. The average molecular weight is 267 g/mol. The molecule has 0 bridgehead atoms. The largest absolute Gasteiger partial charge is 0.480 e. The topological polar surface area (TPSA) is 67.2 Å². The van der Waals surface area contributed by atoms with Crippen LogP contribution in [0.1, 0.15) is 45.0 Å². The van der Waals surface area contributed by atoms with E-state index >= 15 is 0 Å². The number of nitrogens with one attached hydrogen (secondary N) is 1. The van der Waals surface area contributed by atoms with Gasteiger partial charge in [0.15, 0.2) is 0 Å². The lowest BCUT2D eigenvalue weighted by Gasteiger charge is -2.24. The summed E-state index contributed by atoms with van der Waals surface area (Å²) < 4.78 is 2.01. The van der Waals surface area contributed by atoms with Gasteiger partial charge in [-0.25, -0.2) is 0 Å². The van der Waals surface area contributed by atoms with Gasteiger partial charge in [0.2, 0.25) is 0 Å². The molecule has 0 aliphatic rings. The first-order valence-electron chi connectivity index (χ1n) is 6.94. The van der Waals surface area contributed by atoms with Gasteiger partial charge in [0.1, 0.15) is 5.54 Å². The normalized spacial score (nSPS) is 14.3. The molecular formula is C14H25N3O2. The number of carbonyl (C=O) groups is 1. The molecule has 0 aromatic carbocycles. The maximum atomic E-state index is 11.2. The number of aliphatic carboxylic acids is 1. The smallest absolute Gasteiger partial charge is 0.323 e. The van der Waals surface area contributed by atoms with Gasteiger partial charge >= 0.3 is 5.97 Å². The molecule has 0 spiro atoms. The highest BCUT2D eigenvalue weighted by molar-refractivity contribution is 5.78. The van der Waals surface area contributed by atoms with E-state index in [4.69, 9.17) is 0 Å². The predicted molar refractivity (Wildman–Crippen MR) is 75.3 cm³/mol. The van der Waals surface area contributed by atoms with E-state index in [2.05, 4.69) is 30.3 Å². The number of carboxylic acid groups (broad SMARTS) is 1. The quantitative estimate of drug-likeness (QED) is 0.754. The number of hydrogen-bond acceptors (Lipinski definition) is 3. The maximum absolute atomic E-state index is 11.2. The summed E-state index contributed by atoms with van der Waals surface area (Å²) in [5, 5.41) is 16.6. The second-order valence-electron chi connectivity index (χ2n) is 5.05. The van der Waals surface area contributed by atoms with E-state index in [1.807, 2.05) is 4.68 Å². The molecule has 1 unspecified atom stereocenters. The van der Waals surface area contributed by atoms with Crippen molar-refractivity contribution in [2.45, 2.75) is 58.5 Å². The number of rotatable bonds is 8. The van der Waals surface area contributed by atoms with Crippen molar-refractivity contribution in [1.82, 2.24) is 15.1 Å². The van der Waals surface area contributed by atoms with E-state index in [9.17, 15) is 9.90 Å². The summed E-state index contributed by atoms with van der Waals surface area (Å²) in [6.07, 6.45) is 3.27. The van der Waals surface area contributed by atoms with Crippen LogP contribution in [0.5, 0.6) is 0 Å². The lowest BCUT2D eigenvalue weighted by atomic mass is 9.96. The van der Waals surface area contributed by atoms with E-state index in [0.717, 1.165) is 31.5 Å². The summed E-state index contributed by atoms with van der Waals surface area (Å²) in [4.78, 5) is 11.2. The summed E-state index contributed by atoms with van der Waals surface area (Å²) >= 11 is 0. The van der Waals surface area contributed by atoms with Crippen molar-refractivity contribution in [2.75, 3.05) is 7.05 Å². The standard InChI is InChI=1S/C14H25N3O2/c1-5-11-10-12(6-2)17(16-11)9-7-8-14(3,15-4)13(18)19/h10,15H,5-9H2,1-4H3,(H,18,19). The van der Waals surface area contributed by atoms with Gasteiger partial charge in [0, 0.05) is 12.2 Å². The Bertz CT molecular complexity index is 428. The molecule has 1 heterocycles. The first-order valence-corrected chi connectivity index (χ1v) is 6.94. The second kappa shape index (κ2) is 6.70. The molecule has 0 saturated carbocycles. The molecule has 1 aromatic rings. The lowest BCUT2D eigenvalue weighted by molar-refractivity contribution is -0.144. The first-order chi connectivity index (χ1) is 8.96. The third kappa shape index (κ3) is 3.80. The van der Waals surface area contributed by atoms with Crippen LogP contribution < -0.4 is 5.32 Å². The van der Waals surface area contributed by atoms with Gasteiger partial charge in [0.05, 0.1) is 5.69 Å². The highest BCUT2D eigenvalue weighted by Crippen LogP contribution is 2.14. The Morgan fingerprint density at radius 2 is 2.16 bits per heavy atom. The van der Waals surface area contributed by atoms with Crippen molar-refractivity contribution < 1.29 is 9.90 Å². The Balaban J connectivity index is 2.62. The SMILES string of the molecule is CCc1cc(CC)n(CCCC(C)(NC)C(=O)O)n1. The minimum absolute atomic E-state index is 0.587. The molecule has 0 saturated heterocycles. The number of aryl methyl sites for hydroxylation is 3. The van der Waals surface area contributed by atoms with Crippen LogP contribution in [-0.2, 0) is 24.2 Å². The van der Waals surface area contributed by atoms with E-state index in [1.165, 1.54) is 5.69 Å². The van der Waals surface area contributed by atoms with Crippen molar-refractivity contribution in [3.63, 3.8) is 0 Å². The molecule has 1 aromatic heterocycles. The second-order valence-corrected chi connectivity index (χ2v) is 5.05. The Morgan fingerprint density at radius 1 is 1.47 bits per heavy atom. The van der Waals surface area contributed by atoms with Crippen molar-refractivity contribution in [3.05, 3.63) is 17.5 Å². The molecule has 2 N–H and O–H groups in total. The fourth-order valence-electron chi connectivity index (χ4n) is 2.09. The van der Waals surface area contributed by atoms with Crippen molar-refractivity contribution in [3.8, 4) is 0 Å². The zero-order chi connectivity index (χ0) is 14.5. The van der Waals surface area contributed by atoms with Crippen LogP contribution in [0.15, 0.2) is 6.07 Å². The molecule has 0 radical (unpaired) electrons. The Kier molecular flexibility index (Phi) is 5.54.